The molecule has 0 aliphatic carbocycles. The van der Waals surface area contributed by atoms with Gasteiger partial charge >= 0.3 is 5.76 Å². The zero-order valence-electron chi connectivity index (χ0n) is 13.5. The number of nitrogens with one attached hydrogen (secondary N) is 2. The summed E-state index contributed by atoms with van der Waals surface area (Å²) in [6.07, 6.45) is 0.732. The summed E-state index contributed by atoms with van der Waals surface area (Å²) in [7, 11) is 1.61. The van der Waals surface area contributed by atoms with Gasteiger partial charge in [-0.3, -0.25) is 9.78 Å². The summed E-state index contributed by atoms with van der Waals surface area (Å²) in [5.41, 5.74) is 2.14. The van der Waals surface area contributed by atoms with Crippen LogP contribution in [0.4, 0.5) is 0 Å². The molecule has 0 aliphatic rings. The van der Waals surface area contributed by atoms with Gasteiger partial charge in [-0.15, -0.1) is 0 Å². The van der Waals surface area contributed by atoms with Crippen molar-refractivity contribution in [1.82, 2.24) is 10.3 Å². The lowest BCUT2D eigenvalue weighted by Crippen LogP contribution is -2.28. The molecule has 3 rings (SSSR count). The van der Waals surface area contributed by atoms with Crippen molar-refractivity contribution in [3.8, 4) is 5.75 Å². The van der Waals surface area contributed by atoms with E-state index in [1.54, 1.807) is 25.3 Å². The fourth-order valence-electron chi connectivity index (χ4n) is 2.66. The molecule has 3 aromatic rings. The van der Waals surface area contributed by atoms with E-state index in [9.17, 15) is 9.59 Å². The van der Waals surface area contributed by atoms with Crippen LogP contribution in [0, 0.1) is 0 Å². The number of benzene rings is 2. The number of ether oxygens (including phenoxy) is 1. The number of amides is 1. The summed E-state index contributed by atoms with van der Waals surface area (Å²) < 4.78 is 10.1. The molecule has 0 aliphatic heterocycles. The number of hydrogen-bond acceptors (Lipinski definition) is 4. The molecular weight excluding hydrogens is 308 g/mol. The Morgan fingerprint density at radius 2 is 2.00 bits per heavy atom. The molecular formula is C18H18N2O4. The van der Waals surface area contributed by atoms with E-state index in [1.807, 2.05) is 31.2 Å². The molecule has 0 saturated heterocycles. The van der Waals surface area contributed by atoms with E-state index in [1.165, 1.54) is 0 Å². The van der Waals surface area contributed by atoms with Gasteiger partial charge in [0, 0.05) is 0 Å². The number of carbonyl (C=O) groups excluding carboxylic acids is 1. The van der Waals surface area contributed by atoms with Crippen LogP contribution < -0.4 is 15.8 Å². The Labute approximate surface area is 138 Å². The Morgan fingerprint density at radius 3 is 2.67 bits per heavy atom. The fourth-order valence-corrected chi connectivity index (χ4v) is 2.66. The minimum atomic E-state index is -0.576. The Bertz CT molecular complexity index is 909. The van der Waals surface area contributed by atoms with Gasteiger partial charge in [-0.1, -0.05) is 25.1 Å². The first-order valence-electron chi connectivity index (χ1n) is 7.69. The van der Waals surface area contributed by atoms with Gasteiger partial charge in [0.15, 0.2) is 5.58 Å². The van der Waals surface area contributed by atoms with Crippen LogP contribution in [-0.2, 0) is 0 Å². The number of fused-ring (bicyclic) bond motifs is 1. The van der Waals surface area contributed by atoms with Crippen LogP contribution >= 0.6 is 0 Å². The molecule has 1 unspecified atom stereocenters. The van der Waals surface area contributed by atoms with E-state index in [4.69, 9.17) is 9.15 Å². The van der Waals surface area contributed by atoms with E-state index in [2.05, 4.69) is 10.3 Å². The lowest BCUT2D eigenvalue weighted by molar-refractivity contribution is 0.0937. The highest BCUT2D eigenvalue weighted by Crippen LogP contribution is 2.22. The number of aromatic nitrogens is 1. The summed E-state index contributed by atoms with van der Waals surface area (Å²) in [4.78, 5) is 26.5. The molecule has 0 fully saturated rings. The van der Waals surface area contributed by atoms with Crippen LogP contribution in [0.1, 0.15) is 35.3 Å². The first kappa shape index (κ1) is 15.9. The van der Waals surface area contributed by atoms with Crippen LogP contribution in [0.15, 0.2) is 51.7 Å². The standard InChI is InChI=1S/C18H18N2O4/c1-3-14(11-7-9-12(23-2)10-8-11)19-17(21)13-5-4-6-15-16(13)20-18(22)24-15/h4-10,14H,3H2,1-2H3,(H,19,21)(H,20,22). The highest BCUT2D eigenvalue weighted by atomic mass is 16.5. The fraction of sp³-hybridized carbons (Fsp3) is 0.222. The lowest BCUT2D eigenvalue weighted by atomic mass is 10.0. The molecule has 0 bridgehead atoms. The van der Waals surface area contributed by atoms with Gasteiger partial charge in [-0.05, 0) is 36.2 Å². The van der Waals surface area contributed by atoms with Crippen molar-refractivity contribution >= 4 is 17.0 Å². The zero-order chi connectivity index (χ0) is 17.1. The van der Waals surface area contributed by atoms with E-state index >= 15 is 0 Å². The van der Waals surface area contributed by atoms with Crippen molar-refractivity contribution < 1.29 is 13.9 Å². The Morgan fingerprint density at radius 1 is 1.25 bits per heavy atom. The normalized spacial score (nSPS) is 12.1. The van der Waals surface area contributed by atoms with Gasteiger partial charge in [0.25, 0.3) is 5.91 Å². The predicted molar refractivity (Wildman–Crippen MR) is 90.3 cm³/mol. The molecule has 2 N–H and O–H groups in total. The van der Waals surface area contributed by atoms with Crippen molar-refractivity contribution in [2.75, 3.05) is 7.11 Å². The van der Waals surface area contributed by atoms with E-state index < -0.39 is 5.76 Å². The third-order valence-corrected chi connectivity index (χ3v) is 3.93. The Balaban J connectivity index is 1.86. The summed E-state index contributed by atoms with van der Waals surface area (Å²) in [5.74, 6) is -0.0755. The van der Waals surface area contributed by atoms with Crippen LogP contribution in [0.2, 0.25) is 0 Å². The van der Waals surface area contributed by atoms with Gasteiger partial charge < -0.3 is 14.5 Å². The molecule has 6 heteroatoms. The molecule has 1 amide bonds. The average Bonchev–Trinajstić information content (AvgIpc) is 2.99. The van der Waals surface area contributed by atoms with Crippen LogP contribution in [0.5, 0.6) is 5.75 Å². The van der Waals surface area contributed by atoms with Crippen LogP contribution in [-0.4, -0.2) is 18.0 Å². The molecule has 0 radical (unpaired) electrons. The molecule has 1 atom stereocenters. The zero-order valence-corrected chi connectivity index (χ0v) is 13.5. The second-order valence-electron chi connectivity index (χ2n) is 5.40. The van der Waals surface area contributed by atoms with Crippen molar-refractivity contribution in [3.63, 3.8) is 0 Å². The second kappa shape index (κ2) is 6.62. The summed E-state index contributed by atoms with van der Waals surface area (Å²) in [6.45, 7) is 2.00. The van der Waals surface area contributed by atoms with Gasteiger partial charge in [-0.2, -0.15) is 0 Å². The molecule has 2 aromatic carbocycles. The number of para-hydroxylation sites is 1. The number of rotatable bonds is 5. The smallest absolute Gasteiger partial charge is 0.417 e. The van der Waals surface area contributed by atoms with Crippen molar-refractivity contribution in [2.24, 2.45) is 0 Å². The van der Waals surface area contributed by atoms with E-state index in [-0.39, 0.29) is 11.9 Å². The monoisotopic (exact) mass is 326 g/mol. The molecule has 1 aromatic heterocycles. The Hall–Kier alpha value is -3.02. The molecule has 6 nitrogen and oxygen atoms in total. The topological polar surface area (TPSA) is 84.3 Å². The van der Waals surface area contributed by atoms with E-state index in [0.717, 1.165) is 17.7 Å². The average molecular weight is 326 g/mol. The molecule has 0 saturated carbocycles. The predicted octanol–water partition coefficient (Wildman–Crippen LogP) is 3.01. The number of hydrogen-bond donors (Lipinski definition) is 2. The number of methoxy groups -OCH3 is 1. The number of oxazole rings is 1. The molecule has 1 heterocycles. The Kier molecular flexibility index (Phi) is 4.37. The first-order chi connectivity index (χ1) is 11.6. The lowest BCUT2D eigenvalue weighted by Gasteiger charge is -2.18. The van der Waals surface area contributed by atoms with Crippen molar-refractivity contribution in [1.29, 1.82) is 0 Å². The maximum absolute atomic E-state index is 12.6. The third-order valence-electron chi connectivity index (χ3n) is 3.93. The van der Waals surface area contributed by atoms with Crippen LogP contribution in [0.3, 0.4) is 0 Å². The molecule has 0 spiro atoms. The van der Waals surface area contributed by atoms with Gasteiger partial charge in [0.2, 0.25) is 0 Å². The quantitative estimate of drug-likeness (QED) is 0.755. The summed E-state index contributed by atoms with van der Waals surface area (Å²) in [5, 5.41) is 2.99. The van der Waals surface area contributed by atoms with Crippen molar-refractivity contribution in [3.05, 3.63) is 64.1 Å². The second-order valence-corrected chi connectivity index (χ2v) is 5.40. The van der Waals surface area contributed by atoms with Gasteiger partial charge in [0.1, 0.15) is 5.75 Å². The highest BCUT2D eigenvalue weighted by Gasteiger charge is 2.17. The van der Waals surface area contributed by atoms with Gasteiger partial charge in [-0.25, -0.2) is 4.79 Å². The number of H-pyrrole nitrogens is 1. The summed E-state index contributed by atoms with van der Waals surface area (Å²) in [6, 6.07) is 12.4. The molecule has 24 heavy (non-hydrogen) atoms. The van der Waals surface area contributed by atoms with E-state index in [0.29, 0.717) is 16.7 Å². The van der Waals surface area contributed by atoms with Crippen molar-refractivity contribution in [2.45, 2.75) is 19.4 Å². The minimum absolute atomic E-state index is 0.141. The summed E-state index contributed by atoms with van der Waals surface area (Å²) >= 11 is 0. The maximum Gasteiger partial charge on any atom is 0.417 e. The highest BCUT2D eigenvalue weighted by molar-refractivity contribution is 6.04. The maximum atomic E-state index is 12.6. The SMILES string of the molecule is CCC(NC(=O)c1cccc2oc(=O)[nH]c12)c1ccc(OC)cc1. The largest absolute Gasteiger partial charge is 0.497 e. The van der Waals surface area contributed by atoms with Crippen LogP contribution in [0.25, 0.3) is 11.1 Å². The first-order valence-corrected chi connectivity index (χ1v) is 7.69. The number of aromatic amines is 1. The minimum Gasteiger partial charge on any atom is -0.497 e. The molecule has 124 valence electrons. The third kappa shape index (κ3) is 3.03. The number of carbonyl (C=O) groups is 1. The van der Waals surface area contributed by atoms with Gasteiger partial charge in [0.05, 0.1) is 24.2 Å².